The van der Waals surface area contributed by atoms with Gasteiger partial charge in [0.2, 0.25) is 5.91 Å². The first kappa shape index (κ1) is 18.4. The lowest BCUT2D eigenvalue weighted by atomic mass is 9.99. The minimum Gasteiger partial charge on any atom is -0.466 e. The summed E-state index contributed by atoms with van der Waals surface area (Å²) in [6.07, 6.45) is -0.421. The van der Waals surface area contributed by atoms with Crippen molar-refractivity contribution in [2.24, 2.45) is 0 Å². The van der Waals surface area contributed by atoms with Crippen molar-refractivity contribution in [3.05, 3.63) is 82.2 Å². The van der Waals surface area contributed by atoms with E-state index in [0.29, 0.717) is 11.1 Å². The molecule has 138 valence electrons. The smallest absolute Gasteiger partial charge is 0.341 e. The maximum absolute atomic E-state index is 12.5. The summed E-state index contributed by atoms with van der Waals surface area (Å²) in [6, 6.07) is 17.1. The van der Waals surface area contributed by atoms with E-state index in [0.717, 1.165) is 5.39 Å². The van der Waals surface area contributed by atoms with Crippen LogP contribution in [0.2, 0.25) is 0 Å². The molecule has 1 atom stereocenters. The van der Waals surface area contributed by atoms with Crippen LogP contribution in [0.15, 0.2) is 69.9 Å². The van der Waals surface area contributed by atoms with Crippen molar-refractivity contribution in [3.63, 3.8) is 0 Å². The van der Waals surface area contributed by atoms with Gasteiger partial charge in [0.15, 0.2) is 0 Å². The minimum atomic E-state index is -0.742. The van der Waals surface area contributed by atoms with Crippen LogP contribution in [0.25, 0.3) is 11.0 Å². The molecule has 1 amide bonds. The molecule has 0 bridgehead atoms. The zero-order valence-electron chi connectivity index (χ0n) is 14.8. The second kappa shape index (κ2) is 8.31. The van der Waals surface area contributed by atoms with Crippen LogP contribution in [0.4, 0.5) is 0 Å². The van der Waals surface area contributed by atoms with E-state index < -0.39 is 30.0 Å². The summed E-state index contributed by atoms with van der Waals surface area (Å²) in [5.41, 5.74) is 0.921. The quantitative estimate of drug-likeness (QED) is 0.412. The Kier molecular flexibility index (Phi) is 5.66. The molecule has 3 rings (SSSR count). The predicted molar refractivity (Wildman–Crippen MR) is 100 cm³/mol. The Morgan fingerprint density at radius 1 is 1.07 bits per heavy atom. The molecular weight excluding hydrogens is 346 g/mol. The molecule has 0 radical (unpaired) electrons. The summed E-state index contributed by atoms with van der Waals surface area (Å²) in [6.45, 7) is 1.87. The summed E-state index contributed by atoms with van der Waals surface area (Å²) < 4.78 is 10.2. The molecule has 0 saturated heterocycles. The number of nitrogens with one attached hydrogen (secondary N) is 1. The zero-order chi connectivity index (χ0) is 19.2. The molecule has 0 aliphatic heterocycles. The molecule has 3 aromatic rings. The maximum atomic E-state index is 12.5. The fourth-order valence-electron chi connectivity index (χ4n) is 2.82. The van der Waals surface area contributed by atoms with E-state index in [2.05, 4.69) is 5.32 Å². The van der Waals surface area contributed by atoms with Gasteiger partial charge in [0.05, 0.1) is 18.2 Å². The predicted octanol–water partition coefficient (Wildman–Crippen LogP) is 2.95. The Balaban J connectivity index is 1.98. The van der Waals surface area contributed by atoms with Crippen molar-refractivity contribution in [2.75, 3.05) is 6.61 Å². The van der Waals surface area contributed by atoms with E-state index in [1.807, 2.05) is 30.3 Å². The van der Waals surface area contributed by atoms with Crippen LogP contribution < -0.4 is 10.9 Å². The van der Waals surface area contributed by atoms with Crippen molar-refractivity contribution in [3.8, 4) is 0 Å². The third-order valence-corrected chi connectivity index (χ3v) is 4.03. The van der Waals surface area contributed by atoms with Gasteiger partial charge in [0.1, 0.15) is 12.0 Å². The molecule has 0 aliphatic carbocycles. The number of carbonyl (C=O) groups excluding carboxylic acids is 2. The second-order valence-corrected chi connectivity index (χ2v) is 5.92. The molecule has 6 heteroatoms. The fourth-order valence-corrected chi connectivity index (χ4v) is 2.82. The normalized spacial score (nSPS) is 11.7. The number of hydrogen-bond acceptors (Lipinski definition) is 5. The highest BCUT2D eigenvalue weighted by Gasteiger charge is 2.22. The number of ether oxygens (including phenoxy) is 1. The second-order valence-electron chi connectivity index (χ2n) is 5.92. The number of rotatable bonds is 6. The van der Waals surface area contributed by atoms with E-state index in [-0.39, 0.29) is 12.2 Å². The Morgan fingerprint density at radius 2 is 1.78 bits per heavy atom. The number of hydrogen-bond donors (Lipinski definition) is 1. The number of benzene rings is 2. The monoisotopic (exact) mass is 365 g/mol. The highest BCUT2D eigenvalue weighted by Crippen LogP contribution is 2.23. The van der Waals surface area contributed by atoms with Crippen molar-refractivity contribution in [1.82, 2.24) is 5.32 Å². The third-order valence-electron chi connectivity index (χ3n) is 4.03. The Labute approximate surface area is 155 Å². The van der Waals surface area contributed by atoms with E-state index in [4.69, 9.17) is 9.15 Å². The van der Waals surface area contributed by atoms with Gasteiger partial charge in [-0.15, -0.1) is 0 Å². The summed E-state index contributed by atoms with van der Waals surface area (Å²) in [7, 11) is 0. The average Bonchev–Trinajstić information content (AvgIpc) is 2.66. The van der Waals surface area contributed by atoms with E-state index >= 15 is 0 Å². The van der Waals surface area contributed by atoms with Crippen molar-refractivity contribution >= 4 is 22.8 Å². The zero-order valence-corrected chi connectivity index (χ0v) is 14.8. The first-order valence-corrected chi connectivity index (χ1v) is 8.61. The highest BCUT2D eigenvalue weighted by atomic mass is 16.5. The average molecular weight is 365 g/mol. The number of fused-ring (bicyclic) bond motifs is 1. The fraction of sp³-hybridized carbons (Fsp3) is 0.190. The Hall–Kier alpha value is -3.41. The van der Waals surface area contributed by atoms with Gasteiger partial charge >= 0.3 is 11.6 Å². The summed E-state index contributed by atoms with van der Waals surface area (Å²) in [5, 5.41) is 3.49. The van der Waals surface area contributed by atoms with Crippen LogP contribution in [-0.4, -0.2) is 18.5 Å². The van der Waals surface area contributed by atoms with E-state index in [1.165, 1.54) is 0 Å². The van der Waals surface area contributed by atoms with Crippen LogP contribution in [0.3, 0.4) is 0 Å². The van der Waals surface area contributed by atoms with E-state index in [1.54, 1.807) is 37.3 Å². The van der Waals surface area contributed by atoms with Gasteiger partial charge in [-0.1, -0.05) is 48.5 Å². The molecule has 6 nitrogen and oxygen atoms in total. The molecule has 1 unspecified atom stereocenters. The first-order chi connectivity index (χ1) is 13.1. The van der Waals surface area contributed by atoms with Gasteiger partial charge in [0.25, 0.3) is 0 Å². The molecule has 0 spiro atoms. The van der Waals surface area contributed by atoms with Gasteiger partial charge in [-0.2, -0.15) is 0 Å². The van der Waals surface area contributed by atoms with Gasteiger partial charge in [-0.25, -0.2) is 4.79 Å². The molecule has 1 heterocycles. The van der Waals surface area contributed by atoms with Gasteiger partial charge < -0.3 is 14.5 Å². The van der Waals surface area contributed by atoms with Crippen molar-refractivity contribution in [1.29, 1.82) is 0 Å². The van der Waals surface area contributed by atoms with Crippen LogP contribution >= 0.6 is 0 Å². The van der Waals surface area contributed by atoms with Crippen LogP contribution in [-0.2, 0) is 14.3 Å². The van der Waals surface area contributed by atoms with Gasteiger partial charge in [-0.3, -0.25) is 9.59 Å². The van der Waals surface area contributed by atoms with E-state index in [9.17, 15) is 14.4 Å². The topological polar surface area (TPSA) is 85.6 Å². The molecule has 27 heavy (non-hydrogen) atoms. The highest BCUT2D eigenvalue weighted by molar-refractivity contribution is 5.94. The lowest BCUT2D eigenvalue weighted by Crippen LogP contribution is -2.33. The molecule has 2 aromatic carbocycles. The molecule has 1 N–H and O–H groups in total. The molecule has 1 aromatic heterocycles. The molecule has 0 aliphatic rings. The molecular formula is C21H19NO5. The summed E-state index contributed by atoms with van der Waals surface area (Å²) >= 11 is 0. The Morgan fingerprint density at radius 3 is 2.52 bits per heavy atom. The number of esters is 1. The molecule has 0 saturated carbocycles. The maximum Gasteiger partial charge on any atom is 0.341 e. The Bertz CT molecular complexity index is 1010. The summed E-state index contributed by atoms with van der Waals surface area (Å²) in [4.78, 5) is 36.4. The van der Waals surface area contributed by atoms with Crippen LogP contribution in [0.5, 0.6) is 0 Å². The minimum absolute atomic E-state index is 0.197. The van der Waals surface area contributed by atoms with Gasteiger partial charge in [0, 0.05) is 5.39 Å². The first-order valence-electron chi connectivity index (χ1n) is 8.61. The number of carbonyl (C=O) groups is 2. The number of amides is 1. The van der Waals surface area contributed by atoms with Crippen molar-refractivity contribution in [2.45, 2.75) is 19.4 Å². The summed E-state index contributed by atoms with van der Waals surface area (Å²) in [5.74, 6) is -1.15. The standard InChI is InChI=1S/C21H19NO5/c1-2-26-19(24)13-18(23)22-20(14-8-4-3-5-9-14)16-12-15-10-6-7-11-17(15)27-21(16)25/h3-12,20H,2,13H2,1H3,(H,22,23). The SMILES string of the molecule is CCOC(=O)CC(=O)NC(c1ccccc1)c1cc2ccccc2oc1=O. The van der Waals surface area contributed by atoms with Crippen molar-refractivity contribution < 1.29 is 18.7 Å². The van der Waals surface area contributed by atoms with Crippen LogP contribution in [0, 0.1) is 0 Å². The third kappa shape index (κ3) is 4.41. The lowest BCUT2D eigenvalue weighted by molar-refractivity contribution is -0.146. The van der Waals surface area contributed by atoms with Gasteiger partial charge in [-0.05, 0) is 24.6 Å². The number of para-hydroxylation sites is 1. The molecule has 0 fully saturated rings. The largest absolute Gasteiger partial charge is 0.466 e. The lowest BCUT2D eigenvalue weighted by Gasteiger charge is -2.19. The van der Waals surface area contributed by atoms with Crippen LogP contribution in [0.1, 0.15) is 30.5 Å².